The Hall–Kier alpha value is -1.85. The van der Waals surface area contributed by atoms with Crippen molar-refractivity contribution in [3.8, 4) is 0 Å². The monoisotopic (exact) mass is 308 g/mol. The molecule has 1 heterocycles. The SMILES string of the molecule is CCCNC(Cc1cccc(Cl)c1)c1ccc([N+](=O)[O-])o1. The van der Waals surface area contributed by atoms with Crippen molar-refractivity contribution in [2.75, 3.05) is 6.54 Å². The normalized spacial score (nSPS) is 12.3. The predicted octanol–water partition coefficient (Wildman–Crippen LogP) is 4.12. The summed E-state index contributed by atoms with van der Waals surface area (Å²) in [5.41, 5.74) is 1.05. The average molecular weight is 309 g/mol. The van der Waals surface area contributed by atoms with E-state index < -0.39 is 4.92 Å². The van der Waals surface area contributed by atoms with Gasteiger partial charge in [0.25, 0.3) is 0 Å². The Morgan fingerprint density at radius 2 is 2.19 bits per heavy atom. The van der Waals surface area contributed by atoms with Gasteiger partial charge in [-0.3, -0.25) is 10.1 Å². The summed E-state index contributed by atoms with van der Waals surface area (Å²) in [5, 5.41) is 14.7. The van der Waals surface area contributed by atoms with Crippen molar-refractivity contribution < 1.29 is 9.34 Å². The molecule has 0 aliphatic heterocycles. The van der Waals surface area contributed by atoms with Crippen molar-refractivity contribution in [3.63, 3.8) is 0 Å². The molecule has 0 aliphatic rings. The standard InChI is InChI=1S/C15H17ClN2O3/c1-2-8-17-13(10-11-4-3-5-12(16)9-11)14-6-7-15(21-14)18(19)20/h3-7,9,13,17H,2,8,10H2,1H3. The second-order valence-electron chi connectivity index (χ2n) is 4.77. The molecule has 6 heteroatoms. The zero-order valence-corrected chi connectivity index (χ0v) is 12.5. The lowest BCUT2D eigenvalue weighted by atomic mass is 10.0. The summed E-state index contributed by atoms with van der Waals surface area (Å²) in [4.78, 5) is 10.2. The summed E-state index contributed by atoms with van der Waals surface area (Å²) in [6, 6.07) is 10.5. The highest BCUT2D eigenvalue weighted by molar-refractivity contribution is 6.30. The van der Waals surface area contributed by atoms with Crippen molar-refractivity contribution in [2.24, 2.45) is 0 Å². The third-order valence-corrected chi connectivity index (χ3v) is 3.34. The van der Waals surface area contributed by atoms with E-state index in [0.29, 0.717) is 17.2 Å². The van der Waals surface area contributed by atoms with Crippen LogP contribution in [0.2, 0.25) is 5.02 Å². The smallest absolute Gasteiger partial charge is 0.404 e. The molecule has 0 spiro atoms. The van der Waals surface area contributed by atoms with E-state index in [1.807, 2.05) is 24.3 Å². The van der Waals surface area contributed by atoms with Gasteiger partial charge in [-0.1, -0.05) is 30.7 Å². The van der Waals surface area contributed by atoms with Gasteiger partial charge in [-0.2, -0.15) is 0 Å². The molecule has 21 heavy (non-hydrogen) atoms. The summed E-state index contributed by atoms with van der Waals surface area (Å²) < 4.78 is 5.31. The molecule has 1 aromatic carbocycles. The number of nitrogens with one attached hydrogen (secondary N) is 1. The average Bonchev–Trinajstić information content (AvgIpc) is 2.93. The summed E-state index contributed by atoms with van der Waals surface area (Å²) in [5.74, 6) is 0.328. The fourth-order valence-electron chi connectivity index (χ4n) is 2.12. The molecular weight excluding hydrogens is 292 g/mol. The maximum atomic E-state index is 10.7. The van der Waals surface area contributed by atoms with E-state index in [1.165, 1.54) is 6.07 Å². The fourth-order valence-corrected chi connectivity index (χ4v) is 2.33. The van der Waals surface area contributed by atoms with Crippen LogP contribution in [0, 0.1) is 10.1 Å². The molecule has 0 saturated carbocycles. The zero-order valence-electron chi connectivity index (χ0n) is 11.7. The third-order valence-electron chi connectivity index (χ3n) is 3.11. The minimum atomic E-state index is -0.528. The van der Waals surface area contributed by atoms with Crippen LogP contribution >= 0.6 is 11.6 Å². The van der Waals surface area contributed by atoms with E-state index in [2.05, 4.69) is 12.2 Å². The third kappa shape index (κ3) is 4.31. The van der Waals surface area contributed by atoms with E-state index in [0.717, 1.165) is 18.5 Å². The number of furan rings is 1. The molecule has 1 aromatic heterocycles. The molecule has 0 fully saturated rings. The Kier molecular flexibility index (Phi) is 5.36. The first-order valence-corrected chi connectivity index (χ1v) is 7.20. The van der Waals surface area contributed by atoms with Gasteiger partial charge in [0.15, 0.2) is 0 Å². The van der Waals surface area contributed by atoms with Crippen molar-refractivity contribution >= 4 is 17.5 Å². The lowest BCUT2D eigenvalue weighted by Crippen LogP contribution is -2.23. The van der Waals surface area contributed by atoms with Gasteiger partial charge in [0.1, 0.15) is 10.7 Å². The zero-order chi connectivity index (χ0) is 15.2. The van der Waals surface area contributed by atoms with Crippen LogP contribution in [0.1, 0.15) is 30.7 Å². The molecular formula is C15H17ClN2O3. The molecule has 0 aliphatic carbocycles. The summed E-state index contributed by atoms with van der Waals surface area (Å²) in [7, 11) is 0. The quantitative estimate of drug-likeness (QED) is 0.617. The molecule has 0 radical (unpaired) electrons. The number of benzene rings is 1. The van der Waals surface area contributed by atoms with Gasteiger partial charge in [0.2, 0.25) is 0 Å². The Bertz CT molecular complexity index is 612. The van der Waals surface area contributed by atoms with Crippen LogP contribution in [0.25, 0.3) is 0 Å². The molecule has 1 atom stereocenters. The van der Waals surface area contributed by atoms with Gasteiger partial charge in [0, 0.05) is 5.02 Å². The lowest BCUT2D eigenvalue weighted by molar-refractivity contribution is -0.402. The number of rotatable bonds is 7. The molecule has 0 bridgehead atoms. The highest BCUT2D eigenvalue weighted by atomic mass is 35.5. The minimum absolute atomic E-state index is 0.114. The molecule has 0 amide bonds. The molecule has 2 rings (SSSR count). The highest BCUT2D eigenvalue weighted by Crippen LogP contribution is 2.25. The maximum Gasteiger partial charge on any atom is 0.433 e. The van der Waals surface area contributed by atoms with Crippen LogP contribution in [0.3, 0.4) is 0 Å². The van der Waals surface area contributed by atoms with Gasteiger partial charge < -0.3 is 9.73 Å². The number of hydrogen-bond donors (Lipinski definition) is 1. The Balaban J connectivity index is 2.18. The van der Waals surface area contributed by atoms with Gasteiger partial charge in [0.05, 0.1) is 12.1 Å². The molecule has 112 valence electrons. The van der Waals surface area contributed by atoms with E-state index in [4.69, 9.17) is 16.0 Å². The lowest BCUT2D eigenvalue weighted by Gasteiger charge is -2.16. The molecule has 0 saturated heterocycles. The minimum Gasteiger partial charge on any atom is -0.404 e. The second-order valence-corrected chi connectivity index (χ2v) is 5.21. The molecule has 2 aromatic rings. The van der Waals surface area contributed by atoms with Gasteiger partial charge >= 0.3 is 5.88 Å². The second kappa shape index (κ2) is 7.24. The first-order valence-electron chi connectivity index (χ1n) is 6.82. The molecule has 1 N–H and O–H groups in total. The Labute approximate surface area is 128 Å². The maximum absolute atomic E-state index is 10.7. The fraction of sp³-hybridized carbons (Fsp3) is 0.333. The highest BCUT2D eigenvalue weighted by Gasteiger charge is 2.19. The predicted molar refractivity (Wildman–Crippen MR) is 81.6 cm³/mol. The van der Waals surface area contributed by atoms with Crippen molar-refractivity contribution in [2.45, 2.75) is 25.8 Å². The van der Waals surface area contributed by atoms with E-state index >= 15 is 0 Å². The first kappa shape index (κ1) is 15.5. The van der Waals surface area contributed by atoms with Crippen LogP contribution in [0.4, 0.5) is 5.88 Å². The number of halogens is 1. The van der Waals surface area contributed by atoms with Crippen LogP contribution in [-0.2, 0) is 6.42 Å². The summed E-state index contributed by atoms with van der Waals surface area (Å²) in [6.45, 7) is 2.87. The van der Waals surface area contributed by atoms with Crippen molar-refractivity contribution in [3.05, 3.63) is 62.9 Å². The van der Waals surface area contributed by atoms with Crippen LogP contribution < -0.4 is 5.32 Å². The number of nitrogens with zero attached hydrogens (tertiary/aromatic N) is 1. The van der Waals surface area contributed by atoms with Crippen molar-refractivity contribution in [1.29, 1.82) is 0 Å². The van der Waals surface area contributed by atoms with E-state index in [9.17, 15) is 10.1 Å². The van der Waals surface area contributed by atoms with Crippen molar-refractivity contribution in [1.82, 2.24) is 5.32 Å². The van der Waals surface area contributed by atoms with Gasteiger partial charge in [-0.15, -0.1) is 0 Å². The first-order chi connectivity index (χ1) is 10.1. The largest absolute Gasteiger partial charge is 0.433 e. The van der Waals surface area contributed by atoms with Crippen LogP contribution in [0.15, 0.2) is 40.8 Å². The summed E-state index contributed by atoms with van der Waals surface area (Å²) in [6.07, 6.45) is 1.63. The van der Waals surface area contributed by atoms with Gasteiger partial charge in [-0.05, 0) is 43.1 Å². The topological polar surface area (TPSA) is 68.3 Å². The van der Waals surface area contributed by atoms with Crippen LogP contribution in [0.5, 0.6) is 0 Å². The van der Waals surface area contributed by atoms with E-state index in [-0.39, 0.29) is 11.9 Å². The number of hydrogen-bond acceptors (Lipinski definition) is 4. The molecule has 1 unspecified atom stereocenters. The number of nitro groups is 1. The Morgan fingerprint density at radius 1 is 1.38 bits per heavy atom. The van der Waals surface area contributed by atoms with Gasteiger partial charge in [-0.25, -0.2) is 0 Å². The van der Waals surface area contributed by atoms with E-state index in [1.54, 1.807) is 6.07 Å². The molecule has 5 nitrogen and oxygen atoms in total. The van der Waals surface area contributed by atoms with Crippen LogP contribution in [-0.4, -0.2) is 11.5 Å². The Morgan fingerprint density at radius 3 is 2.81 bits per heavy atom. The summed E-state index contributed by atoms with van der Waals surface area (Å²) >= 11 is 5.99.